The summed E-state index contributed by atoms with van der Waals surface area (Å²) in [7, 11) is 1.64. The lowest BCUT2D eigenvalue weighted by atomic mass is 9.80. The number of hydrogen-bond acceptors (Lipinski definition) is 3. The third-order valence-corrected chi connectivity index (χ3v) is 3.86. The van der Waals surface area contributed by atoms with Gasteiger partial charge in [-0.2, -0.15) is 0 Å². The maximum Gasteiger partial charge on any atom is 0.165 e. The van der Waals surface area contributed by atoms with E-state index in [0.29, 0.717) is 13.2 Å². The van der Waals surface area contributed by atoms with Gasteiger partial charge in [0, 0.05) is 18.6 Å². The molecule has 0 atom stereocenters. The Morgan fingerprint density at radius 2 is 2.17 bits per heavy atom. The van der Waals surface area contributed by atoms with Crippen LogP contribution in [-0.4, -0.2) is 26.1 Å². The molecule has 3 nitrogen and oxygen atoms in total. The molecule has 98 valence electrons. The van der Waals surface area contributed by atoms with Crippen molar-refractivity contribution in [1.82, 2.24) is 0 Å². The first-order chi connectivity index (χ1) is 8.72. The molecule has 0 aliphatic heterocycles. The van der Waals surface area contributed by atoms with Crippen LogP contribution in [0.25, 0.3) is 0 Å². The fourth-order valence-corrected chi connectivity index (χ4v) is 2.41. The Hall–Kier alpha value is -0.870. The Morgan fingerprint density at radius 1 is 1.39 bits per heavy atom. The summed E-state index contributed by atoms with van der Waals surface area (Å²) in [4.78, 5) is 12.1. The highest BCUT2D eigenvalue weighted by Gasteiger charge is 2.26. The molecule has 1 aromatic carbocycles. The number of carbonyl (C=O) groups excluding carboxylic acids is 1. The summed E-state index contributed by atoms with van der Waals surface area (Å²) in [6.45, 7) is 1.06. The maximum atomic E-state index is 12.1. The molecule has 4 heteroatoms. The van der Waals surface area contributed by atoms with Crippen LogP contribution >= 0.6 is 15.9 Å². The summed E-state index contributed by atoms with van der Waals surface area (Å²) in [5.74, 6) is 1.24. The van der Waals surface area contributed by atoms with Crippen molar-refractivity contribution in [2.45, 2.75) is 19.3 Å². The van der Waals surface area contributed by atoms with E-state index in [1.54, 1.807) is 7.11 Å². The molecule has 2 rings (SSSR count). The zero-order valence-corrected chi connectivity index (χ0v) is 12.0. The maximum absolute atomic E-state index is 12.1. The third-order valence-electron chi connectivity index (χ3n) is 3.24. The van der Waals surface area contributed by atoms with E-state index < -0.39 is 0 Å². The number of methoxy groups -OCH3 is 1. The van der Waals surface area contributed by atoms with Gasteiger partial charge in [-0.15, -0.1) is 0 Å². The predicted octanol–water partition coefficient (Wildman–Crippen LogP) is 3.46. The van der Waals surface area contributed by atoms with Crippen molar-refractivity contribution < 1.29 is 14.3 Å². The Balaban J connectivity index is 2.02. The monoisotopic (exact) mass is 312 g/mol. The molecule has 0 bridgehead atoms. The Labute approximate surface area is 116 Å². The number of Topliss-reactive ketones (excluding diaryl/α,β-unsaturated/α-hetero) is 1. The Bertz CT molecular complexity index is 427. The lowest BCUT2D eigenvalue weighted by molar-refractivity contribution is 0.0855. The van der Waals surface area contributed by atoms with Gasteiger partial charge in [0.05, 0.1) is 11.1 Å². The minimum atomic E-state index is 0.233. The second-order valence-electron chi connectivity index (χ2n) is 4.48. The third kappa shape index (κ3) is 3.12. The molecule has 1 fully saturated rings. The molecule has 18 heavy (non-hydrogen) atoms. The Kier molecular flexibility index (Phi) is 4.78. The van der Waals surface area contributed by atoms with E-state index in [4.69, 9.17) is 9.47 Å². The molecule has 1 aliphatic rings. The van der Waals surface area contributed by atoms with Crippen molar-refractivity contribution in [3.63, 3.8) is 0 Å². The highest BCUT2D eigenvalue weighted by molar-refractivity contribution is 9.10. The largest absolute Gasteiger partial charge is 0.490 e. The van der Waals surface area contributed by atoms with Gasteiger partial charge in [-0.3, -0.25) is 4.79 Å². The molecule has 1 saturated carbocycles. The van der Waals surface area contributed by atoms with Crippen LogP contribution in [0.5, 0.6) is 5.75 Å². The van der Waals surface area contributed by atoms with E-state index in [9.17, 15) is 4.79 Å². The lowest BCUT2D eigenvalue weighted by Gasteiger charge is -2.24. The summed E-state index contributed by atoms with van der Waals surface area (Å²) in [5, 5.41) is 0. The van der Waals surface area contributed by atoms with Crippen LogP contribution < -0.4 is 4.74 Å². The number of ketones is 1. The van der Waals surface area contributed by atoms with Gasteiger partial charge in [0.15, 0.2) is 5.78 Å². The van der Waals surface area contributed by atoms with Crippen molar-refractivity contribution in [1.29, 1.82) is 0 Å². The molecule has 0 aromatic heterocycles. The molecular weight excluding hydrogens is 296 g/mol. The summed E-state index contributed by atoms with van der Waals surface area (Å²) in [6.07, 6.45) is 3.24. The second kappa shape index (κ2) is 6.34. The van der Waals surface area contributed by atoms with E-state index in [1.165, 1.54) is 6.42 Å². The van der Waals surface area contributed by atoms with Crippen LogP contribution in [0.15, 0.2) is 22.7 Å². The molecule has 1 aliphatic carbocycles. The van der Waals surface area contributed by atoms with Crippen LogP contribution in [0.2, 0.25) is 0 Å². The van der Waals surface area contributed by atoms with Gasteiger partial charge < -0.3 is 9.47 Å². The minimum absolute atomic E-state index is 0.233. The quantitative estimate of drug-likeness (QED) is 0.596. The van der Waals surface area contributed by atoms with Gasteiger partial charge in [-0.05, 0) is 47.0 Å². The van der Waals surface area contributed by atoms with Crippen LogP contribution in [0.1, 0.15) is 29.6 Å². The zero-order chi connectivity index (χ0) is 13.0. The normalized spacial score (nSPS) is 15.2. The van der Waals surface area contributed by atoms with E-state index in [0.717, 1.165) is 28.6 Å². The number of hydrogen-bond donors (Lipinski definition) is 0. The van der Waals surface area contributed by atoms with E-state index in [-0.39, 0.29) is 11.7 Å². The molecule has 0 amide bonds. The first-order valence-corrected chi connectivity index (χ1v) is 6.97. The van der Waals surface area contributed by atoms with Crippen molar-refractivity contribution >= 4 is 21.7 Å². The van der Waals surface area contributed by atoms with Crippen molar-refractivity contribution in [3.8, 4) is 5.75 Å². The van der Waals surface area contributed by atoms with E-state index >= 15 is 0 Å². The number of rotatable bonds is 6. The van der Waals surface area contributed by atoms with Gasteiger partial charge >= 0.3 is 0 Å². The molecule has 0 saturated heterocycles. The van der Waals surface area contributed by atoms with Crippen molar-refractivity contribution in [2.75, 3.05) is 20.3 Å². The van der Waals surface area contributed by atoms with E-state index in [2.05, 4.69) is 15.9 Å². The predicted molar refractivity (Wildman–Crippen MR) is 73.2 cm³/mol. The minimum Gasteiger partial charge on any atom is -0.490 e. The topological polar surface area (TPSA) is 35.5 Å². The number of carbonyl (C=O) groups is 1. The molecule has 0 radical (unpaired) electrons. The fourth-order valence-electron chi connectivity index (χ4n) is 1.91. The van der Waals surface area contributed by atoms with Crippen LogP contribution in [0, 0.1) is 5.92 Å². The average Bonchev–Trinajstić information content (AvgIpc) is 2.29. The average molecular weight is 313 g/mol. The van der Waals surface area contributed by atoms with Gasteiger partial charge in [0.1, 0.15) is 12.4 Å². The summed E-state index contributed by atoms with van der Waals surface area (Å²) < 4.78 is 11.3. The second-order valence-corrected chi connectivity index (χ2v) is 5.33. The summed E-state index contributed by atoms with van der Waals surface area (Å²) in [6, 6.07) is 5.53. The Morgan fingerprint density at radius 3 is 2.72 bits per heavy atom. The van der Waals surface area contributed by atoms with Gasteiger partial charge in [-0.1, -0.05) is 6.42 Å². The molecular formula is C14H17BrO3. The number of benzene rings is 1. The standard InChI is InChI=1S/C14H17BrO3/c1-17-7-8-18-13-6-5-11(9-12(13)15)14(16)10-3-2-4-10/h5-6,9-10H,2-4,7-8H2,1H3. The molecule has 0 heterocycles. The van der Waals surface area contributed by atoms with Crippen LogP contribution in [0.4, 0.5) is 0 Å². The fraction of sp³-hybridized carbons (Fsp3) is 0.500. The summed E-state index contributed by atoms with van der Waals surface area (Å²) >= 11 is 3.44. The van der Waals surface area contributed by atoms with Crippen LogP contribution in [-0.2, 0) is 4.74 Å². The van der Waals surface area contributed by atoms with Gasteiger partial charge in [-0.25, -0.2) is 0 Å². The molecule has 0 N–H and O–H groups in total. The zero-order valence-electron chi connectivity index (χ0n) is 10.4. The molecule has 0 spiro atoms. The SMILES string of the molecule is COCCOc1ccc(C(=O)C2CCC2)cc1Br. The number of halogens is 1. The summed E-state index contributed by atoms with van der Waals surface area (Å²) in [5.41, 5.74) is 0.769. The van der Waals surface area contributed by atoms with Gasteiger partial charge in [0.25, 0.3) is 0 Å². The number of ether oxygens (including phenoxy) is 2. The highest BCUT2D eigenvalue weighted by atomic mass is 79.9. The van der Waals surface area contributed by atoms with Crippen molar-refractivity contribution in [3.05, 3.63) is 28.2 Å². The highest BCUT2D eigenvalue weighted by Crippen LogP contribution is 2.32. The molecule has 0 unspecified atom stereocenters. The lowest BCUT2D eigenvalue weighted by Crippen LogP contribution is -2.21. The van der Waals surface area contributed by atoms with E-state index in [1.807, 2.05) is 18.2 Å². The first kappa shape index (κ1) is 13.6. The smallest absolute Gasteiger partial charge is 0.165 e. The van der Waals surface area contributed by atoms with Crippen LogP contribution in [0.3, 0.4) is 0 Å². The van der Waals surface area contributed by atoms with Gasteiger partial charge in [0.2, 0.25) is 0 Å². The molecule has 1 aromatic rings. The van der Waals surface area contributed by atoms with Crippen molar-refractivity contribution in [2.24, 2.45) is 5.92 Å². The first-order valence-electron chi connectivity index (χ1n) is 6.18.